The topological polar surface area (TPSA) is 88.9 Å². The number of aliphatic carboxylic acids is 1. The molecule has 0 atom stereocenters. The van der Waals surface area contributed by atoms with Crippen molar-refractivity contribution < 1.29 is 19.4 Å². The Kier molecular flexibility index (Phi) is 8.03. The lowest BCUT2D eigenvalue weighted by molar-refractivity contribution is -0.136. The first-order valence-electron chi connectivity index (χ1n) is 13.1. The van der Waals surface area contributed by atoms with E-state index in [1.165, 1.54) is 17.7 Å². The van der Waals surface area contributed by atoms with Crippen molar-refractivity contribution in [2.45, 2.75) is 25.9 Å². The van der Waals surface area contributed by atoms with Gasteiger partial charge in [0.05, 0.1) is 22.5 Å². The molecule has 4 aromatic carbocycles. The van der Waals surface area contributed by atoms with Crippen molar-refractivity contribution in [2.75, 3.05) is 7.05 Å². The molecule has 1 heterocycles. The van der Waals surface area contributed by atoms with E-state index in [0.29, 0.717) is 34.3 Å². The van der Waals surface area contributed by atoms with Crippen molar-refractivity contribution >= 4 is 28.3 Å². The molecule has 40 heavy (non-hydrogen) atoms. The van der Waals surface area contributed by atoms with E-state index in [4.69, 9.17) is 10.1 Å². The van der Waals surface area contributed by atoms with Gasteiger partial charge < -0.3 is 15.2 Å². The average Bonchev–Trinajstić information content (AvgIpc) is 3.26. The Balaban J connectivity index is 1.49. The fraction of sp³-hybridized carbons (Fsp3) is 0.152. The molecule has 0 saturated carbocycles. The lowest BCUT2D eigenvalue weighted by atomic mass is 9.97. The number of carboxylic acids is 1. The Bertz CT molecular complexity index is 1660. The molecule has 0 unspecified atom stereocenters. The Morgan fingerprint density at radius 2 is 1.57 bits per heavy atom. The van der Waals surface area contributed by atoms with Crippen molar-refractivity contribution in [1.82, 2.24) is 9.88 Å². The maximum absolute atomic E-state index is 13.9. The molecule has 0 radical (unpaired) electrons. The monoisotopic (exact) mass is 535 g/mol. The van der Waals surface area contributed by atoms with Gasteiger partial charge in [-0.05, 0) is 66.6 Å². The van der Waals surface area contributed by atoms with Crippen LogP contribution in [0.2, 0.25) is 0 Å². The molecule has 0 aliphatic carbocycles. The summed E-state index contributed by atoms with van der Waals surface area (Å²) < 4.78 is 13.9. The van der Waals surface area contributed by atoms with Crippen LogP contribution < -0.4 is 0 Å². The number of aliphatic imine (C=N–C) groups is 1. The molecule has 1 aromatic heterocycles. The van der Waals surface area contributed by atoms with Gasteiger partial charge in [0.15, 0.2) is 5.88 Å². The number of fused-ring (bicyclic) bond motifs is 1. The van der Waals surface area contributed by atoms with Crippen LogP contribution in [-0.4, -0.2) is 38.8 Å². The zero-order valence-electron chi connectivity index (χ0n) is 22.1. The van der Waals surface area contributed by atoms with Crippen LogP contribution in [0.1, 0.15) is 34.2 Å². The summed E-state index contributed by atoms with van der Waals surface area (Å²) in [6.45, 7) is 1.61. The zero-order chi connectivity index (χ0) is 28.1. The number of rotatable bonds is 10. The molecule has 6 nitrogen and oxygen atoms in total. The third-order valence-electron chi connectivity index (χ3n) is 6.73. The molecule has 5 aromatic rings. The standard InChI is InChI=1S/C33H30FN3O3/c1-37(20-23-6-3-2-4-7-23)21-24-10-14-27(15-11-24)35-32(25-9-5-8-22(18-25)12-17-30(38)39)31-28-16-13-26(34)19-29(28)36-33(31)40/h2-11,13-16,18-19,36,40H,12,17,20-21H2,1H3,(H,38,39). The number of carbonyl (C=O) groups is 1. The van der Waals surface area contributed by atoms with Crippen LogP contribution in [0.15, 0.2) is 102 Å². The Morgan fingerprint density at radius 1 is 0.875 bits per heavy atom. The van der Waals surface area contributed by atoms with E-state index in [9.17, 15) is 14.3 Å². The second kappa shape index (κ2) is 12.0. The molecular formula is C33H30FN3O3. The summed E-state index contributed by atoms with van der Waals surface area (Å²) in [5, 5.41) is 20.7. The van der Waals surface area contributed by atoms with Crippen molar-refractivity contribution in [3.05, 3.63) is 131 Å². The minimum Gasteiger partial charge on any atom is -0.494 e. The largest absolute Gasteiger partial charge is 0.494 e. The van der Waals surface area contributed by atoms with E-state index in [1.54, 1.807) is 6.07 Å². The van der Waals surface area contributed by atoms with Gasteiger partial charge in [-0.2, -0.15) is 0 Å². The van der Waals surface area contributed by atoms with Gasteiger partial charge in [0.2, 0.25) is 0 Å². The highest BCUT2D eigenvalue weighted by Crippen LogP contribution is 2.32. The molecule has 0 fully saturated rings. The molecule has 0 bridgehead atoms. The summed E-state index contributed by atoms with van der Waals surface area (Å²) in [4.78, 5) is 21.2. The number of carboxylic acid groups (broad SMARTS) is 1. The molecule has 0 aliphatic rings. The number of hydrogen-bond donors (Lipinski definition) is 3. The highest BCUT2D eigenvalue weighted by Gasteiger charge is 2.19. The Hall–Kier alpha value is -4.75. The van der Waals surface area contributed by atoms with E-state index >= 15 is 0 Å². The molecule has 3 N–H and O–H groups in total. The van der Waals surface area contributed by atoms with E-state index < -0.39 is 11.8 Å². The summed E-state index contributed by atoms with van der Waals surface area (Å²) in [7, 11) is 2.08. The third-order valence-corrected chi connectivity index (χ3v) is 6.73. The Morgan fingerprint density at radius 3 is 2.30 bits per heavy atom. The SMILES string of the molecule is CN(Cc1ccccc1)Cc1ccc(N=C(c2cccc(CCC(=O)O)c2)c2c(O)[nH]c3cc(F)ccc23)cc1. The smallest absolute Gasteiger partial charge is 0.303 e. The van der Waals surface area contributed by atoms with Crippen molar-refractivity contribution in [3.63, 3.8) is 0 Å². The van der Waals surface area contributed by atoms with Crippen LogP contribution in [0.5, 0.6) is 5.88 Å². The molecule has 0 spiro atoms. The van der Waals surface area contributed by atoms with Gasteiger partial charge in [-0.1, -0.05) is 60.7 Å². The third kappa shape index (κ3) is 6.45. The van der Waals surface area contributed by atoms with E-state index in [1.807, 2.05) is 66.7 Å². The molecule has 0 saturated heterocycles. The Labute approximate surface area is 232 Å². The lowest BCUT2D eigenvalue weighted by Crippen LogP contribution is -2.17. The number of aromatic amines is 1. The number of H-pyrrole nitrogens is 1. The number of hydrogen-bond acceptors (Lipinski definition) is 4. The van der Waals surface area contributed by atoms with Crippen molar-refractivity contribution in [1.29, 1.82) is 0 Å². The number of nitrogens with one attached hydrogen (secondary N) is 1. The zero-order valence-corrected chi connectivity index (χ0v) is 22.1. The lowest BCUT2D eigenvalue weighted by Gasteiger charge is -2.17. The van der Waals surface area contributed by atoms with Crippen molar-refractivity contribution in [3.8, 4) is 5.88 Å². The molecular weight excluding hydrogens is 505 g/mol. The van der Waals surface area contributed by atoms with Gasteiger partial charge in [-0.3, -0.25) is 9.69 Å². The minimum atomic E-state index is -0.870. The van der Waals surface area contributed by atoms with Gasteiger partial charge in [0, 0.05) is 30.5 Å². The van der Waals surface area contributed by atoms with E-state index in [-0.39, 0.29) is 12.3 Å². The number of aromatic nitrogens is 1. The van der Waals surface area contributed by atoms with Gasteiger partial charge in [0.1, 0.15) is 5.82 Å². The van der Waals surface area contributed by atoms with Gasteiger partial charge in [0.25, 0.3) is 0 Å². The van der Waals surface area contributed by atoms with Crippen LogP contribution >= 0.6 is 0 Å². The fourth-order valence-electron chi connectivity index (χ4n) is 4.85. The highest BCUT2D eigenvalue weighted by atomic mass is 19.1. The predicted molar refractivity (Wildman–Crippen MR) is 156 cm³/mol. The number of benzene rings is 4. The number of nitrogens with zero attached hydrogens (tertiary/aromatic N) is 2. The number of halogens is 1. The molecule has 0 amide bonds. The first-order valence-corrected chi connectivity index (χ1v) is 13.1. The maximum Gasteiger partial charge on any atom is 0.303 e. The summed E-state index contributed by atoms with van der Waals surface area (Å²) in [6.07, 6.45) is 0.375. The number of aromatic hydroxyl groups is 1. The summed E-state index contributed by atoms with van der Waals surface area (Å²) in [5.74, 6) is -1.40. The van der Waals surface area contributed by atoms with Crippen LogP contribution in [0.25, 0.3) is 10.9 Å². The fourth-order valence-corrected chi connectivity index (χ4v) is 4.85. The first kappa shape index (κ1) is 26.8. The van der Waals surface area contributed by atoms with Gasteiger partial charge in [-0.15, -0.1) is 0 Å². The van der Waals surface area contributed by atoms with Crippen LogP contribution in [0, 0.1) is 5.82 Å². The van der Waals surface area contributed by atoms with Crippen LogP contribution in [0.4, 0.5) is 10.1 Å². The summed E-state index contributed by atoms with van der Waals surface area (Å²) in [6, 6.07) is 30.0. The summed E-state index contributed by atoms with van der Waals surface area (Å²) >= 11 is 0. The highest BCUT2D eigenvalue weighted by molar-refractivity contribution is 6.21. The normalized spacial score (nSPS) is 11.8. The average molecular weight is 536 g/mol. The minimum absolute atomic E-state index is 0.00766. The molecule has 7 heteroatoms. The van der Waals surface area contributed by atoms with E-state index in [0.717, 1.165) is 29.8 Å². The molecule has 202 valence electrons. The second-order valence-electron chi connectivity index (χ2n) is 9.92. The summed E-state index contributed by atoms with van der Waals surface area (Å²) in [5.41, 5.74) is 6.05. The molecule has 5 rings (SSSR count). The first-order chi connectivity index (χ1) is 19.4. The van der Waals surface area contributed by atoms with Crippen LogP contribution in [0.3, 0.4) is 0 Å². The predicted octanol–water partition coefficient (Wildman–Crippen LogP) is 6.83. The molecule has 0 aliphatic heterocycles. The second-order valence-corrected chi connectivity index (χ2v) is 9.92. The number of aryl methyl sites for hydroxylation is 1. The maximum atomic E-state index is 13.9. The van der Waals surface area contributed by atoms with Gasteiger partial charge >= 0.3 is 5.97 Å². The van der Waals surface area contributed by atoms with Gasteiger partial charge in [-0.25, -0.2) is 9.38 Å². The van der Waals surface area contributed by atoms with E-state index in [2.05, 4.69) is 29.1 Å². The quantitative estimate of drug-likeness (QED) is 0.171. The van der Waals surface area contributed by atoms with Crippen LogP contribution in [-0.2, 0) is 24.3 Å². The van der Waals surface area contributed by atoms with Crippen molar-refractivity contribution in [2.24, 2.45) is 4.99 Å².